The summed E-state index contributed by atoms with van der Waals surface area (Å²) in [6.45, 7) is 0. The van der Waals surface area contributed by atoms with Gasteiger partial charge >= 0.3 is 0 Å². The number of benzene rings is 1. The molecule has 16 heavy (non-hydrogen) atoms. The van der Waals surface area contributed by atoms with Crippen LogP contribution in [-0.4, -0.2) is 5.84 Å². The Bertz CT molecular complexity index is 496. The Hall–Kier alpha value is -1.79. The van der Waals surface area contributed by atoms with Gasteiger partial charge in [0, 0.05) is 17.6 Å². The highest BCUT2D eigenvalue weighted by Gasteiger charge is 2.32. The number of nitriles is 1. The summed E-state index contributed by atoms with van der Waals surface area (Å²) in [6, 6.07) is 9.52. The maximum absolute atomic E-state index is 9.34. The average Bonchev–Trinajstić information content (AvgIpc) is 2.29. The van der Waals surface area contributed by atoms with E-state index in [1.54, 1.807) is 24.4 Å². The number of aliphatic imine (C=N–C) groups is 1. The highest BCUT2D eigenvalue weighted by molar-refractivity contribution is 6.30. The van der Waals surface area contributed by atoms with Crippen molar-refractivity contribution in [2.45, 2.75) is 11.8 Å². The van der Waals surface area contributed by atoms with Gasteiger partial charge in [-0.15, -0.1) is 0 Å². The Morgan fingerprint density at radius 3 is 2.62 bits per heavy atom. The molecule has 0 radical (unpaired) electrons. The Labute approximate surface area is 98.9 Å². The van der Waals surface area contributed by atoms with Crippen molar-refractivity contribution in [1.29, 1.82) is 5.26 Å². The van der Waals surface area contributed by atoms with Gasteiger partial charge < -0.3 is 5.73 Å². The molecule has 0 amide bonds. The van der Waals surface area contributed by atoms with Gasteiger partial charge in [-0.3, -0.25) is 0 Å². The van der Waals surface area contributed by atoms with E-state index in [0.29, 0.717) is 17.3 Å². The van der Waals surface area contributed by atoms with Crippen molar-refractivity contribution in [3.63, 3.8) is 0 Å². The molecular weight excluding hydrogens is 222 g/mol. The van der Waals surface area contributed by atoms with E-state index in [9.17, 15) is 5.26 Å². The molecule has 1 aromatic rings. The Kier molecular flexibility index (Phi) is 2.67. The normalized spacial score (nSPS) is 23.6. The van der Waals surface area contributed by atoms with Crippen LogP contribution >= 0.6 is 11.6 Å². The average molecular weight is 232 g/mol. The van der Waals surface area contributed by atoms with Gasteiger partial charge in [0.2, 0.25) is 0 Å². The smallest absolute Gasteiger partial charge is 0.109 e. The molecule has 1 atom stereocenters. The number of hydrogen-bond acceptors (Lipinski definition) is 3. The van der Waals surface area contributed by atoms with Gasteiger partial charge in [-0.25, -0.2) is 4.99 Å². The molecule has 0 aliphatic carbocycles. The number of hydrogen-bond donors (Lipinski definition) is 1. The maximum atomic E-state index is 9.34. The van der Waals surface area contributed by atoms with Crippen molar-refractivity contribution in [3.05, 3.63) is 47.1 Å². The Morgan fingerprint density at radius 2 is 2.06 bits per heavy atom. The number of halogens is 1. The molecule has 0 bridgehead atoms. The number of nitrogens with zero attached hydrogens (tertiary/aromatic N) is 2. The highest BCUT2D eigenvalue weighted by atomic mass is 35.5. The highest BCUT2D eigenvalue weighted by Crippen LogP contribution is 2.32. The molecule has 80 valence electrons. The van der Waals surface area contributed by atoms with Crippen molar-refractivity contribution in [3.8, 4) is 6.07 Å². The van der Waals surface area contributed by atoms with Crippen molar-refractivity contribution in [2.75, 3.05) is 0 Å². The third-order valence-corrected chi connectivity index (χ3v) is 2.87. The molecule has 0 aromatic heterocycles. The van der Waals surface area contributed by atoms with Crippen LogP contribution in [0.5, 0.6) is 0 Å². The predicted molar refractivity (Wildman–Crippen MR) is 64.1 cm³/mol. The zero-order chi connectivity index (χ0) is 11.6. The van der Waals surface area contributed by atoms with Crippen molar-refractivity contribution < 1.29 is 0 Å². The summed E-state index contributed by atoms with van der Waals surface area (Å²) >= 11 is 5.82. The Morgan fingerprint density at radius 1 is 1.38 bits per heavy atom. The fraction of sp³-hybridized carbons (Fsp3) is 0.167. The fourth-order valence-electron chi connectivity index (χ4n) is 1.74. The van der Waals surface area contributed by atoms with Crippen LogP contribution in [0.4, 0.5) is 0 Å². The zero-order valence-corrected chi connectivity index (χ0v) is 9.28. The van der Waals surface area contributed by atoms with E-state index in [2.05, 4.69) is 11.1 Å². The molecule has 3 nitrogen and oxygen atoms in total. The van der Waals surface area contributed by atoms with Gasteiger partial charge in [0.25, 0.3) is 0 Å². The predicted octanol–water partition coefficient (Wildman–Crippen LogP) is 2.38. The van der Waals surface area contributed by atoms with E-state index in [1.165, 1.54) is 0 Å². The lowest BCUT2D eigenvalue weighted by atomic mass is 9.78. The van der Waals surface area contributed by atoms with E-state index >= 15 is 0 Å². The van der Waals surface area contributed by atoms with Gasteiger partial charge in [0.1, 0.15) is 11.3 Å². The summed E-state index contributed by atoms with van der Waals surface area (Å²) in [4.78, 5) is 3.95. The minimum atomic E-state index is -0.712. The van der Waals surface area contributed by atoms with Gasteiger partial charge in [-0.1, -0.05) is 23.7 Å². The minimum absolute atomic E-state index is 0.418. The van der Waals surface area contributed by atoms with Crippen molar-refractivity contribution in [1.82, 2.24) is 0 Å². The second-order valence-electron chi connectivity index (χ2n) is 3.70. The molecule has 1 aromatic carbocycles. The molecule has 4 heteroatoms. The summed E-state index contributed by atoms with van der Waals surface area (Å²) in [7, 11) is 0. The summed E-state index contributed by atoms with van der Waals surface area (Å²) < 4.78 is 0. The molecule has 1 heterocycles. The molecule has 2 rings (SSSR count). The zero-order valence-electron chi connectivity index (χ0n) is 8.52. The van der Waals surface area contributed by atoms with Crippen LogP contribution in [0.2, 0.25) is 5.02 Å². The summed E-state index contributed by atoms with van der Waals surface area (Å²) in [5.74, 6) is 0.471. The molecule has 0 saturated carbocycles. The molecule has 0 saturated heterocycles. The molecule has 1 aliphatic rings. The Balaban J connectivity index is 2.45. The third kappa shape index (κ3) is 1.80. The monoisotopic (exact) mass is 231 g/mol. The molecule has 1 aliphatic heterocycles. The number of nitrogens with two attached hydrogens (primary N) is 1. The minimum Gasteiger partial charge on any atom is -0.387 e. The molecule has 1 unspecified atom stereocenters. The van der Waals surface area contributed by atoms with Gasteiger partial charge in [-0.05, 0) is 23.8 Å². The standard InChI is InChI=1S/C12H10ClN3/c13-10-3-1-9(2-4-10)12(8-14)5-6-16-11(15)7-12/h1-6H,7H2,(H2,15,16). The van der Waals surface area contributed by atoms with Crippen molar-refractivity contribution in [2.24, 2.45) is 10.7 Å². The van der Waals surface area contributed by atoms with E-state index in [0.717, 1.165) is 5.56 Å². The van der Waals surface area contributed by atoms with Gasteiger partial charge in [0.15, 0.2) is 0 Å². The van der Waals surface area contributed by atoms with E-state index in [1.807, 2.05) is 12.1 Å². The first-order valence-corrected chi connectivity index (χ1v) is 5.21. The maximum Gasteiger partial charge on any atom is 0.109 e. The SMILES string of the molecule is N#CC1(c2ccc(Cl)cc2)C=CN=C(N)C1. The van der Waals surface area contributed by atoms with Crippen LogP contribution in [-0.2, 0) is 5.41 Å². The van der Waals surface area contributed by atoms with E-state index in [-0.39, 0.29) is 0 Å². The summed E-state index contributed by atoms with van der Waals surface area (Å²) in [6.07, 6.45) is 3.77. The summed E-state index contributed by atoms with van der Waals surface area (Å²) in [5.41, 5.74) is 5.85. The van der Waals surface area contributed by atoms with Crippen molar-refractivity contribution >= 4 is 17.4 Å². The number of rotatable bonds is 1. The van der Waals surface area contributed by atoms with E-state index in [4.69, 9.17) is 17.3 Å². The quantitative estimate of drug-likeness (QED) is 0.807. The molecule has 0 fully saturated rings. The number of allylic oxidation sites excluding steroid dienone is 1. The first kappa shape index (κ1) is 10.7. The lowest BCUT2D eigenvalue weighted by Crippen LogP contribution is -2.31. The molecule has 2 N–H and O–H groups in total. The first-order chi connectivity index (χ1) is 7.66. The number of amidine groups is 1. The second-order valence-corrected chi connectivity index (χ2v) is 4.14. The van der Waals surface area contributed by atoms with Crippen LogP contribution in [0, 0.1) is 11.3 Å². The second kappa shape index (κ2) is 3.99. The lowest BCUT2D eigenvalue weighted by Gasteiger charge is -2.25. The first-order valence-electron chi connectivity index (χ1n) is 4.83. The third-order valence-electron chi connectivity index (χ3n) is 2.62. The molecule has 0 spiro atoms. The van der Waals surface area contributed by atoms with E-state index < -0.39 is 5.41 Å². The summed E-state index contributed by atoms with van der Waals surface area (Å²) in [5, 5.41) is 9.99. The van der Waals surface area contributed by atoms with Crippen LogP contribution in [0.15, 0.2) is 41.5 Å². The van der Waals surface area contributed by atoms with Crippen LogP contribution < -0.4 is 5.73 Å². The van der Waals surface area contributed by atoms with Crippen LogP contribution in [0.1, 0.15) is 12.0 Å². The van der Waals surface area contributed by atoms with Crippen LogP contribution in [0.25, 0.3) is 0 Å². The largest absolute Gasteiger partial charge is 0.387 e. The van der Waals surface area contributed by atoms with Gasteiger partial charge in [0.05, 0.1) is 6.07 Å². The van der Waals surface area contributed by atoms with Crippen LogP contribution in [0.3, 0.4) is 0 Å². The fourth-order valence-corrected chi connectivity index (χ4v) is 1.86. The van der Waals surface area contributed by atoms with Gasteiger partial charge in [-0.2, -0.15) is 5.26 Å². The lowest BCUT2D eigenvalue weighted by molar-refractivity contribution is 0.704. The topological polar surface area (TPSA) is 62.2 Å². The molecular formula is C12H10ClN3.